The summed E-state index contributed by atoms with van der Waals surface area (Å²) >= 11 is 0. The van der Waals surface area contributed by atoms with Gasteiger partial charge in [-0.3, -0.25) is 4.79 Å². The lowest BCUT2D eigenvalue weighted by Crippen LogP contribution is -2.34. The average Bonchev–Trinajstić information content (AvgIpc) is 3.28. The number of aromatic nitrogens is 3. The van der Waals surface area contributed by atoms with Gasteiger partial charge in [0.2, 0.25) is 0 Å². The molecule has 3 heterocycles. The third-order valence-electron chi connectivity index (χ3n) is 5.22. The number of benzene rings is 1. The van der Waals surface area contributed by atoms with Gasteiger partial charge < -0.3 is 10.2 Å². The summed E-state index contributed by atoms with van der Waals surface area (Å²) in [5, 5.41) is 7.38. The topological polar surface area (TPSA) is 62.5 Å². The molecule has 0 spiro atoms. The zero-order valence-corrected chi connectivity index (χ0v) is 15.9. The van der Waals surface area contributed by atoms with Crippen LogP contribution in [-0.4, -0.2) is 51.6 Å². The fourth-order valence-electron chi connectivity index (χ4n) is 3.81. The van der Waals surface area contributed by atoms with Crippen molar-refractivity contribution in [2.75, 3.05) is 26.2 Å². The van der Waals surface area contributed by atoms with E-state index in [4.69, 9.17) is 0 Å². The van der Waals surface area contributed by atoms with Crippen LogP contribution in [0.5, 0.6) is 0 Å². The van der Waals surface area contributed by atoms with Crippen molar-refractivity contribution in [1.82, 2.24) is 24.8 Å². The van der Waals surface area contributed by atoms with Crippen LogP contribution in [0.1, 0.15) is 39.8 Å². The van der Waals surface area contributed by atoms with Crippen LogP contribution in [0.15, 0.2) is 42.5 Å². The first-order chi connectivity index (χ1) is 13.1. The SMILES string of the molecule is Cc1cc2nc(C(=O)NCCN3CC[C@H](c4ccccc4)C3)cc(C)n2n1. The first-order valence-electron chi connectivity index (χ1n) is 9.49. The first kappa shape index (κ1) is 17.7. The molecule has 0 unspecified atom stereocenters. The third kappa shape index (κ3) is 3.85. The number of hydrogen-bond donors (Lipinski definition) is 1. The van der Waals surface area contributed by atoms with Gasteiger partial charge in [0.15, 0.2) is 5.65 Å². The molecule has 1 saturated heterocycles. The summed E-state index contributed by atoms with van der Waals surface area (Å²) in [6.45, 7) is 7.48. The van der Waals surface area contributed by atoms with E-state index in [9.17, 15) is 4.79 Å². The highest BCUT2D eigenvalue weighted by Crippen LogP contribution is 2.26. The molecule has 6 nitrogen and oxygen atoms in total. The predicted octanol–water partition coefficient (Wildman–Crippen LogP) is 2.57. The number of likely N-dealkylation sites (tertiary alicyclic amines) is 1. The number of aryl methyl sites for hydroxylation is 2. The van der Waals surface area contributed by atoms with Gasteiger partial charge in [-0.05, 0) is 44.4 Å². The minimum atomic E-state index is -0.127. The Balaban J connectivity index is 1.31. The number of rotatable bonds is 5. The van der Waals surface area contributed by atoms with Gasteiger partial charge in [0, 0.05) is 31.4 Å². The van der Waals surface area contributed by atoms with Gasteiger partial charge in [-0.2, -0.15) is 5.10 Å². The van der Waals surface area contributed by atoms with Gasteiger partial charge in [-0.1, -0.05) is 30.3 Å². The summed E-state index contributed by atoms with van der Waals surface area (Å²) in [5.41, 5.74) is 4.37. The molecule has 4 rings (SSSR count). The van der Waals surface area contributed by atoms with E-state index in [-0.39, 0.29) is 5.91 Å². The molecule has 1 aromatic carbocycles. The van der Waals surface area contributed by atoms with Crippen LogP contribution >= 0.6 is 0 Å². The molecule has 1 fully saturated rings. The Kier molecular flexibility index (Phi) is 4.90. The molecular weight excluding hydrogens is 338 g/mol. The fourth-order valence-corrected chi connectivity index (χ4v) is 3.81. The van der Waals surface area contributed by atoms with E-state index < -0.39 is 0 Å². The maximum absolute atomic E-state index is 12.5. The molecule has 0 bridgehead atoms. The van der Waals surface area contributed by atoms with Crippen molar-refractivity contribution >= 4 is 11.6 Å². The third-order valence-corrected chi connectivity index (χ3v) is 5.22. The predicted molar refractivity (Wildman–Crippen MR) is 105 cm³/mol. The number of carbonyl (C=O) groups is 1. The highest BCUT2D eigenvalue weighted by molar-refractivity contribution is 5.92. The Hall–Kier alpha value is -2.73. The number of fused-ring (bicyclic) bond motifs is 1. The molecule has 0 saturated carbocycles. The molecule has 3 aromatic rings. The lowest BCUT2D eigenvalue weighted by Gasteiger charge is -2.16. The molecule has 1 N–H and O–H groups in total. The van der Waals surface area contributed by atoms with E-state index in [1.807, 2.05) is 19.9 Å². The zero-order valence-electron chi connectivity index (χ0n) is 15.9. The standard InChI is InChI=1S/C21H25N5O/c1-15-12-20-23-19(13-16(2)26(20)24-15)21(27)22-9-11-25-10-8-18(14-25)17-6-4-3-5-7-17/h3-7,12-13,18H,8-11,14H2,1-2H3,(H,22,27)/t18-/m0/s1. The van der Waals surface area contributed by atoms with Gasteiger partial charge in [0.05, 0.1) is 5.69 Å². The van der Waals surface area contributed by atoms with E-state index in [0.29, 0.717) is 23.8 Å². The van der Waals surface area contributed by atoms with Crippen LogP contribution in [0.2, 0.25) is 0 Å². The van der Waals surface area contributed by atoms with E-state index in [2.05, 4.69) is 50.6 Å². The molecule has 27 heavy (non-hydrogen) atoms. The summed E-state index contributed by atoms with van der Waals surface area (Å²) in [6.07, 6.45) is 1.18. The van der Waals surface area contributed by atoms with Gasteiger partial charge >= 0.3 is 0 Å². The fraction of sp³-hybridized carbons (Fsp3) is 0.381. The maximum Gasteiger partial charge on any atom is 0.270 e. The van der Waals surface area contributed by atoms with Gasteiger partial charge in [0.1, 0.15) is 5.69 Å². The number of nitrogens with one attached hydrogen (secondary N) is 1. The van der Waals surface area contributed by atoms with Gasteiger partial charge in [-0.25, -0.2) is 9.50 Å². The molecule has 1 amide bonds. The smallest absolute Gasteiger partial charge is 0.270 e. The largest absolute Gasteiger partial charge is 0.349 e. The van der Waals surface area contributed by atoms with E-state index in [1.54, 1.807) is 10.6 Å². The van der Waals surface area contributed by atoms with Crippen LogP contribution in [-0.2, 0) is 0 Å². The number of carbonyl (C=O) groups excluding carboxylic acids is 1. The summed E-state index contributed by atoms with van der Waals surface area (Å²) in [7, 11) is 0. The minimum absolute atomic E-state index is 0.127. The lowest BCUT2D eigenvalue weighted by atomic mass is 9.99. The van der Waals surface area contributed by atoms with E-state index in [1.165, 1.54) is 12.0 Å². The van der Waals surface area contributed by atoms with Gasteiger partial charge in [-0.15, -0.1) is 0 Å². The van der Waals surface area contributed by atoms with Crippen molar-refractivity contribution < 1.29 is 4.79 Å². The Morgan fingerprint density at radius 3 is 2.85 bits per heavy atom. The highest BCUT2D eigenvalue weighted by atomic mass is 16.1. The molecule has 6 heteroatoms. The molecular formula is C21H25N5O. The average molecular weight is 363 g/mol. The van der Waals surface area contributed by atoms with Crippen molar-refractivity contribution in [2.24, 2.45) is 0 Å². The molecule has 1 aliphatic rings. The van der Waals surface area contributed by atoms with Gasteiger partial charge in [0.25, 0.3) is 5.91 Å². The molecule has 1 atom stereocenters. The molecule has 2 aromatic heterocycles. The van der Waals surface area contributed by atoms with Crippen molar-refractivity contribution in [3.63, 3.8) is 0 Å². The van der Waals surface area contributed by atoms with Crippen molar-refractivity contribution in [2.45, 2.75) is 26.2 Å². The zero-order chi connectivity index (χ0) is 18.8. The van der Waals surface area contributed by atoms with Crippen LogP contribution < -0.4 is 5.32 Å². The summed E-state index contributed by atoms with van der Waals surface area (Å²) in [6, 6.07) is 14.4. The van der Waals surface area contributed by atoms with Crippen LogP contribution in [0, 0.1) is 13.8 Å². The van der Waals surface area contributed by atoms with Crippen molar-refractivity contribution in [3.8, 4) is 0 Å². The summed E-state index contributed by atoms with van der Waals surface area (Å²) in [5.74, 6) is 0.469. The minimum Gasteiger partial charge on any atom is -0.349 e. The first-order valence-corrected chi connectivity index (χ1v) is 9.49. The second kappa shape index (κ2) is 7.48. The van der Waals surface area contributed by atoms with Crippen molar-refractivity contribution in [3.05, 3.63) is 65.1 Å². The quantitative estimate of drug-likeness (QED) is 0.757. The molecule has 0 radical (unpaired) electrons. The van der Waals surface area contributed by atoms with Crippen molar-refractivity contribution in [1.29, 1.82) is 0 Å². The summed E-state index contributed by atoms with van der Waals surface area (Å²) < 4.78 is 1.76. The number of hydrogen-bond acceptors (Lipinski definition) is 4. The normalized spacial score (nSPS) is 17.5. The second-order valence-electron chi connectivity index (χ2n) is 7.29. The number of amides is 1. The second-order valence-corrected chi connectivity index (χ2v) is 7.29. The monoisotopic (exact) mass is 363 g/mol. The Bertz CT molecular complexity index is 950. The van der Waals surface area contributed by atoms with Crippen LogP contribution in [0.25, 0.3) is 5.65 Å². The summed E-state index contributed by atoms with van der Waals surface area (Å²) in [4.78, 5) is 19.3. The molecule has 140 valence electrons. The van der Waals surface area contributed by atoms with E-state index in [0.717, 1.165) is 31.0 Å². The highest BCUT2D eigenvalue weighted by Gasteiger charge is 2.23. The van der Waals surface area contributed by atoms with Crippen LogP contribution in [0.3, 0.4) is 0 Å². The van der Waals surface area contributed by atoms with Crippen LogP contribution in [0.4, 0.5) is 0 Å². The Morgan fingerprint density at radius 2 is 2.04 bits per heavy atom. The maximum atomic E-state index is 12.5. The lowest BCUT2D eigenvalue weighted by molar-refractivity contribution is 0.0944. The molecule has 1 aliphatic heterocycles. The van der Waals surface area contributed by atoms with E-state index >= 15 is 0 Å². The Morgan fingerprint density at radius 1 is 1.22 bits per heavy atom. The number of nitrogens with zero attached hydrogens (tertiary/aromatic N) is 4. The Labute approximate surface area is 159 Å². The molecule has 0 aliphatic carbocycles.